The van der Waals surface area contributed by atoms with E-state index in [1.807, 2.05) is 0 Å². The molecule has 0 aliphatic carbocycles. The van der Waals surface area contributed by atoms with Gasteiger partial charge in [-0.1, -0.05) is 43.3 Å². The largest absolute Gasteiger partial charge is 0.326 e. The van der Waals surface area contributed by atoms with Crippen LogP contribution in [0.1, 0.15) is 23.6 Å². The number of aryl methyl sites for hydroxylation is 2. The van der Waals surface area contributed by atoms with Gasteiger partial charge in [-0.3, -0.25) is 0 Å². The zero-order valence-corrected chi connectivity index (χ0v) is 10.5. The van der Waals surface area contributed by atoms with Crippen LogP contribution in [-0.4, -0.2) is 0 Å². The number of nitrogens with two attached hydrogens (primary N) is 1. The SMILES string of the molecule is CCc1ccc(C)c(-c2cccc(CN)c2)c1. The van der Waals surface area contributed by atoms with Crippen molar-refractivity contribution < 1.29 is 0 Å². The van der Waals surface area contributed by atoms with Gasteiger partial charge in [-0.05, 0) is 47.2 Å². The molecule has 2 N–H and O–H groups in total. The Hall–Kier alpha value is -1.60. The van der Waals surface area contributed by atoms with E-state index in [9.17, 15) is 0 Å². The van der Waals surface area contributed by atoms with E-state index >= 15 is 0 Å². The Balaban J connectivity index is 2.50. The minimum absolute atomic E-state index is 0.598. The summed E-state index contributed by atoms with van der Waals surface area (Å²) in [5.41, 5.74) is 12.2. The monoisotopic (exact) mass is 225 g/mol. The van der Waals surface area contributed by atoms with Crippen molar-refractivity contribution in [2.45, 2.75) is 26.8 Å². The van der Waals surface area contributed by atoms with Crippen LogP contribution in [0, 0.1) is 6.92 Å². The molecule has 0 fully saturated rings. The molecule has 2 rings (SSSR count). The normalized spacial score (nSPS) is 10.5. The van der Waals surface area contributed by atoms with Gasteiger partial charge in [0.15, 0.2) is 0 Å². The van der Waals surface area contributed by atoms with Crippen molar-refractivity contribution in [3.05, 3.63) is 59.2 Å². The van der Waals surface area contributed by atoms with Gasteiger partial charge >= 0.3 is 0 Å². The molecule has 0 bridgehead atoms. The van der Waals surface area contributed by atoms with Crippen molar-refractivity contribution in [3.63, 3.8) is 0 Å². The van der Waals surface area contributed by atoms with Crippen LogP contribution in [0.3, 0.4) is 0 Å². The predicted molar refractivity (Wildman–Crippen MR) is 73.9 cm³/mol. The van der Waals surface area contributed by atoms with Gasteiger partial charge in [-0.25, -0.2) is 0 Å². The van der Waals surface area contributed by atoms with E-state index in [1.165, 1.54) is 27.8 Å². The summed E-state index contributed by atoms with van der Waals surface area (Å²) in [6.07, 6.45) is 1.07. The second kappa shape index (κ2) is 5.15. The Morgan fingerprint density at radius 2 is 1.82 bits per heavy atom. The van der Waals surface area contributed by atoms with Crippen molar-refractivity contribution in [2.24, 2.45) is 5.73 Å². The van der Waals surface area contributed by atoms with Gasteiger partial charge in [0, 0.05) is 6.54 Å². The smallest absolute Gasteiger partial charge is 0.0178 e. The van der Waals surface area contributed by atoms with Crippen molar-refractivity contribution in [2.75, 3.05) is 0 Å². The van der Waals surface area contributed by atoms with Crippen LogP contribution in [0.25, 0.3) is 11.1 Å². The molecule has 1 nitrogen and oxygen atoms in total. The van der Waals surface area contributed by atoms with Gasteiger partial charge in [0.25, 0.3) is 0 Å². The van der Waals surface area contributed by atoms with Crippen molar-refractivity contribution >= 4 is 0 Å². The number of hydrogen-bond donors (Lipinski definition) is 1. The van der Waals surface area contributed by atoms with Gasteiger partial charge in [-0.2, -0.15) is 0 Å². The highest BCUT2D eigenvalue weighted by molar-refractivity contribution is 5.68. The summed E-state index contributed by atoms with van der Waals surface area (Å²) in [6, 6.07) is 15.2. The van der Waals surface area contributed by atoms with E-state index in [4.69, 9.17) is 5.73 Å². The third kappa shape index (κ3) is 2.56. The highest BCUT2D eigenvalue weighted by Crippen LogP contribution is 2.25. The molecule has 1 heteroatoms. The molecule has 0 heterocycles. The van der Waals surface area contributed by atoms with Gasteiger partial charge in [0.2, 0.25) is 0 Å². The number of hydrogen-bond acceptors (Lipinski definition) is 1. The average molecular weight is 225 g/mol. The molecule has 0 spiro atoms. The molecule has 0 amide bonds. The third-order valence-electron chi connectivity index (χ3n) is 3.18. The first-order chi connectivity index (χ1) is 8.24. The standard InChI is InChI=1S/C16H19N/c1-3-13-8-7-12(2)16(10-13)15-6-4-5-14(9-15)11-17/h4-10H,3,11,17H2,1-2H3. The first-order valence-electron chi connectivity index (χ1n) is 6.13. The van der Waals surface area contributed by atoms with Crippen LogP contribution in [-0.2, 0) is 13.0 Å². The molecule has 17 heavy (non-hydrogen) atoms. The maximum atomic E-state index is 5.69. The van der Waals surface area contributed by atoms with Crippen LogP contribution >= 0.6 is 0 Å². The number of rotatable bonds is 3. The summed E-state index contributed by atoms with van der Waals surface area (Å²) in [7, 11) is 0. The number of benzene rings is 2. The van der Waals surface area contributed by atoms with Crippen molar-refractivity contribution in [1.29, 1.82) is 0 Å². The van der Waals surface area contributed by atoms with E-state index in [0.29, 0.717) is 6.54 Å². The Kier molecular flexibility index (Phi) is 3.60. The maximum Gasteiger partial charge on any atom is 0.0178 e. The lowest BCUT2D eigenvalue weighted by Gasteiger charge is -2.09. The quantitative estimate of drug-likeness (QED) is 0.847. The molecule has 0 aliphatic rings. The lowest BCUT2D eigenvalue weighted by Crippen LogP contribution is -1.96. The van der Waals surface area contributed by atoms with Crippen LogP contribution < -0.4 is 5.73 Å². The van der Waals surface area contributed by atoms with E-state index in [1.54, 1.807) is 0 Å². The molecule has 88 valence electrons. The fourth-order valence-electron chi connectivity index (χ4n) is 2.07. The minimum Gasteiger partial charge on any atom is -0.326 e. The minimum atomic E-state index is 0.598. The van der Waals surface area contributed by atoms with Crippen molar-refractivity contribution in [1.82, 2.24) is 0 Å². The zero-order chi connectivity index (χ0) is 12.3. The second-order valence-corrected chi connectivity index (χ2v) is 4.41. The molecule has 2 aromatic carbocycles. The lowest BCUT2D eigenvalue weighted by molar-refractivity contribution is 1.07. The van der Waals surface area contributed by atoms with E-state index in [0.717, 1.165) is 6.42 Å². The summed E-state index contributed by atoms with van der Waals surface area (Å²) in [6.45, 7) is 4.94. The summed E-state index contributed by atoms with van der Waals surface area (Å²) in [4.78, 5) is 0. The van der Waals surface area contributed by atoms with Gasteiger partial charge in [0.1, 0.15) is 0 Å². The molecule has 0 unspecified atom stereocenters. The molecular weight excluding hydrogens is 206 g/mol. The first kappa shape index (κ1) is 11.9. The molecule has 0 saturated carbocycles. The van der Waals surface area contributed by atoms with E-state index in [-0.39, 0.29) is 0 Å². The Morgan fingerprint density at radius 3 is 2.53 bits per heavy atom. The molecule has 0 radical (unpaired) electrons. The Bertz CT molecular complexity index is 515. The molecule has 0 aromatic heterocycles. The molecular formula is C16H19N. The topological polar surface area (TPSA) is 26.0 Å². The van der Waals surface area contributed by atoms with E-state index < -0.39 is 0 Å². The van der Waals surface area contributed by atoms with Crippen LogP contribution in [0.5, 0.6) is 0 Å². The zero-order valence-electron chi connectivity index (χ0n) is 10.5. The Labute approximate surface area is 103 Å². The third-order valence-corrected chi connectivity index (χ3v) is 3.18. The Morgan fingerprint density at radius 1 is 1.00 bits per heavy atom. The van der Waals surface area contributed by atoms with Crippen LogP contribution in [0.2, 0.25) is 0 Å². The predicted octanol–water partition coefficient (Wildman–Crippen LogP) is 3.68. The second-order valence-electron chi connectivity index (χ2n) is 4.41. The van der Waals surface area contributed by atoms with E-state index in [2.05, 4.69) is 56.3 Å². The molecule has 2 aromatic rings. The van der Waals surface area contributed by atoms with Crippen LogP contribution in [0.15, 0.2) is 42.5 Å². The fraction of sp³-hybridized carbons (Fsp3) is 0.250. The first-order valence-corrected chi connectivity index (χ1v) is 6.13. The highest BCUT2D eigenvalue weighted by Gasteiger charge is 2.03. The summed E-state index contributed by atoms with van der Waals surface area (Å²) in [5, 5.41) is 0. The van der Waals surface area contributed by atoms with Gasteiger partial charge in [0.05, 0.1) is 0 Å². The summed E-state index contributed by atoms with van der Waals surface area (Å²) < 4.78 is 0. The average Bonchev–Trinajstić information content (AvgIpc) is 2.39. The van der Waals surface area contributed by atoms with Gasteiger partial charge < -0.3 is 5.73 Å². The molecule has 0 aliphatic heterocycles. The highest BCUT2D eigenvalue weighted by atomic mass is 14.5. The van der Waals surface area contributed by atoms with Crippen LogP contribution in [0.4, 0.5) is 0 Å². The van der Waals surface area contributed by atoms with Crippen molar-refractivity contribution in [3.8, 4) is 11.1 Å². The summed E-state index contributed by atoms with van der Waals surface area (Å²) in [5.74, 6) is 0. The molecule has 0 saturated heterocycles. The lowest BCUT2D eigenvalue weighted by atomic mass is 9.96. The maximum absolute atomic E-state index is 5.69. The molecule has 0 atom stereocenters. The summed E-state index contributed by atoms with van der Waals surface area (Å²) >= 11 is 0. The fourth-order valence-corrected chi connectivity index (χ4v) is 2.07. The van der Waals surface area contributed by atoms with Gasteiger partial charge in [-0.15, -0.1) is 0 Å².